The number of carbonyl (C=O) groups is 2. The predicted octanol–water partition coefficient (Wildman–Crippen LogP) is 5.82. The Morgan fingerprint density at radius 1 is 1.15 bits per heavy atom. The number of nitrogens with one attached hydrogen (secondary N) is 1. The van der Waals surface area contributed by atoms with Gasteiger partial charge in [-0.25, -0.2) is 9.79 Å². The molecule has 2 N–H and O–H groups in total. The van der Waals surface area contributed by atoms with Crippen molar-refractivity contribution in [2.24, 2.45) is 4.99 Å². The molecule has 1 aliphatic rings. The van der Waals surface area contributed by atoms with Crippen LogP contribution < -0.4 is 10.1 Å². The molecule has 33 heavy (non-hydrogen) atoms. The average Bonchev–Trinajstić information content (AvgIpc) is 3.15. The van der Waals surface area contributed by atoms with E-state index in [0.717, 1.165) is 16.7 Å². The molecule has 8 heteroatoms. The summed E-state index contributed by atoms with van der Waals surface area (Å²) in [5.41, 5.74) is 3.39. The van der Waals surface area contributed by atoms with Crippen LogP contribution in [0.2, 0.25) is 5.02 Å². The molecule has 3 aromatic rings. The Morgan fingerprint density at radius 3 is 2.67 bits per heavy atom. The molecule has 166 valence electrons. The van der Waals surface area contributed by atoms with Crippen molar-refractivity contribution in [1.29, 1.82) is 0 Å². The molecule has 0 spiro atoms. The standard InChI is InChI=1S/C25H19ClN2O4S/c1-15-20(26)6-3-7-21(15)27-25-28-23(29)22(33-25)13-16-8-10-19(11-9-16)32-14-17-4-2-5-18(12-17)24(30)31/h2-13H,14H2,1H3,(H,30,31)(H,27,28,29)/b22-13-. The van der Waals surface area contributed by atoms with Gasteiger partial charge < -0.3 is 15.2 Å². The van der Waals surface area contributed by atoms with E-state index in [9.17, 15) is 9.59 Å². The highest BCUT2D eigenvalue weighted by Gasteiger charge is 2.24. The minimum Gasteiger partial charge on any atom is -0.489 e. The molecule has 6 nitrogen and oxygen atoms in total. The van der Waals surface area contributed by atoms with Gasteiger partial charge in [0.2, 0.25) is 0 Å². The maximum Gasteiger partial charge on any atom is 0.335 e. The van der Waals surface area contributed by atoms with E-state index in [-0.39, 0.29) is 18.1 Å². The fourth-order valence-electron chi connectivity index (χ4n) is 3.08. The van der Waals surface area contributed by atoms with Gasteiger partial charge in [0.1, 0.15) is 12.4 Å². The quantitative estimate of drug-likeness (QED) is 0.436. The first-order valence-electron chi connectivity index (χ1n) is 9.99. The molecule has 0 saturated carbocycles. The van der Waals surface area contributed by atoms with Gasteiger partial charge in [-0.3, -0.25) is 4.79 Å². The fourth-order valence-corrected chi connectivity index (χ4v) is 4.08. The Kier molecular flexibility index (Phi) is 6.82. The number of nitrogens with zero attached hydrogens (tertiary/aromatic N) is 1. The lowest BCUT2D eigenvalue weighted by Gasteiger charge is -2.07. The van der Waals surface area contributed by atoms with Gasteiger partial charge in [-0.1, -0.05) is 41.9 Å². The number of aromatic carboxylic acids is 1. The molecule has 0 radical (unpaired) electrons. The maximum absolute atomic E-state index is 12.4. The second kappa shape index (κ2) is 9.94. The Balaban J connectivity index is 1.42. The van der Waals surface area contributed by atoms with Crippen molar-refractivity contribution in [2.75, 3.05) is 0 Å². The van der Waals surface area contributed by atoms with E-state index < -0.39 is 5.97 Å². The largest absolute Gasteiger partial charge is 0.489 e. The van der Waals surface area contributed by atoms with Crippen LogP contribution in [0.25, 0.3) is 6.08 Å². The van der Waals surface area contributed by atoms with Crippen LogP contribution >= 0.6 is 23.4 Å². The second-order valence-electron chi connectivity index (χ2n) is 7.23. The first-order chi connectivity index (χ1) is 15.9. The fraction of sp³-hybridized carbons (Fsp3) is 0.0800. The number of benzene rings is 3. The van der Waals surface area contributed by atoms with Crippen LogP contribution in [-0.2, 0) is 11.4 Å². The number of thioether (sulfide) groups is 1. The summed E-state index contributed by atoms with van der Waals surface area (Å²) in [5, 5.41) is 13.0. The number of rotatable bonds is 6. The van der Waals surface area contributed by atoms with E-state index in [1.165, 1.54) is 17.8 Å². The number of hydrogen-bond acceptors (Lipinski definition) is 5. The van der Waals surface area contributed by atoms with E-state index in [1.807, 2.05) is 37.3 Å². The first-order valence-corrected chi connectivity index (χ1v) is 11.2. The third kappa shape index (κ3) is 5.63. The summed E-state index contributed by atoms with van der Waals surface area (Å²) >= 11 is 7.41. The lowest BCUT2D eigenvalue weighted by Crippen LogP contribution is -2.19. The van der Waals surface area contributed by atoms with E-state index in [2.05, 4.69) is 10.3 Å². The van der Waals surface area contributed by atoms with Gasteiger partial charge >= 0.3 is 5.97 Å². The van der Waals surface area contributed by atoms with Crippen molar-refractivity contribution in [1.82, 2.24) is 5.32 Å². The van der Waals surface area contributed by atoms with Crippen LogP contribution in [0.4, 0.5) is 5.69 Å². The van der Waals surface area contributed by atoms with E-state index >= 15 is 0 Å². The van der Waals surface area contributed by atoms with Gasteiger partial charge in [-0.05, 0) is 77.9 Å². The zero-order valence-electron chi connectivity index (χ0n) is 17.5. The van der Waals surface area contributed by atoms with Crippen LogP contribution in [0.5, 0.6) is 5.75 Å². The molecular weight excluding hydrogens is 460 g/mol. The molecule has 1 saturated heterocycles. The summed E-state index contributed by atoms with van der Waals surface area (Å²) in [4.78, 5) is 28.5. The molecule has 0 atom stereocenters. The van der Waals surface area contributed by atoms with E-state index in [4.69, 9.17) is 21.4 Å². The van der Waals surface area contributed by atoms with Crippen molar-refractivity contribution in [3.05, 3.63) is 98.9 Å². The zero-order valence-corrected chi connectivity index (χ0v) is 19.1. The molecule has 3 aromatic carbocycles. The molecule has 1 heterocycles. The zero-order chi connectivity index (χ0) is 23.4. The first kappa shape index (κ1) is 22.6. The van der Waals surface area contributed by atoms with E-state index in [0.29, 0.717) is 26.5 Å². The lowest BCUT2D eigenvalue weighted by molar-refractivity contribution is -0.115. The number of carboxylic acids is 1. The number of aliphatic imine (C=N–C) groups is 1. The normalized spacial score (nSPS) is 15.6. The van der Waals surface area contributed by atoms with Crippen LogP contribution in [0.15, 0.2) is 76.6 Å². The monoisotopic (exact) mass is 478 g/mol. The summed E-state index contributed by atoms with van der Waals surface area (Å²) in [5.74, 6) is -0.545. The van der Waals surface area contributed by atoms with Crippen LogP contribution in [0.1, 0.15) is 27.0 Å². The third-order valence-corrected chi connectivity index (χ3v) is 6.19. The number of halogens is 1. The summed E-state index contributed by atoms with van der Waals surface area (Å²) in [6.45, 7) is 2.13. The Hall–Kier alpha value is -3.55. The minimum atomic E-state index is -0.973. The molecule has 0 unspecified atom stereocenters. The van der Waals surface area contributed by atoms with E-state index in [1.54, 1.807) is 36.4 Å². The maximum atomic E-state index is 12.4. The Labute approximate surface area is 200 Å². The number of ether oxygens (including phenoxy) is 1. The van der Waals surface area contributed by atoms with Gasteiger partial charge in [0.05, 0.1) is 16.2 Å². The molecule has 1 aliphatic heterocycles. The summed E-state index contributed by atoms with van der Waals surface area (Å²) in [7, 11) is 0. The van der Waals surface area contributed by atoms with Gasteiger partial charge in [-0.15, -0.1) is 0 Å². The molecule has 1 amide bonds. The molecule has 0 aliphatic carbocycles. The van der Waals surface area contributed by atoms with Gasteiger partial charge in [-0.2, -0.15) is 0 Å². The number of amidine groups is 1. The smallest absolute Gasteiger partial charge is 0.335 e. The average molecular weight is 479 g/mol. The Bertz CT molecular complexity index is 1290. The van der Waals surface area contributed by atoms with Crippen molar-refractivity contribution in [3.63, 3.8) is 0 Å². The Morgan fingerprint density at radius 2 is 1.91 bits per heavy atom. The second-order valence-corrected chi connectivity index (χ2v) is 8.67. The molecule has 4 rings (SSSR count). The van der Waals surface area contributed by atoms with Crippen LogP contribution in [0.3, 0.4) is 0 Å². The molecular formula is C25H19ClN2O4S. The SMILES string of the molecule is Cc1c(Cl)cccc1N=C1NC(=O)/C(=C/c2ccc(OCc3cccc(C(=O)O)c3)cc2)S1. The number of amides is 1. The van der Waals surface area contributed by atoms with Crippen LogP contribution in [-0.4, -0.2) is 22.2 Å². The topological polar surface area (TPSA) is 88.0 Å². The van der Waals surface area contributed by atoms with Crippen LogP contribution in [0, 0.1) is 6.92 Å². The predicted molar refractivity (Wildman–Crippen MR) is 131 cm³/mol. The van der Waals surface area contributed by atoms with Gasteiger partial charge in [0, 0.05) is 5.02 Å². The van der Waals surface area contributed by atoms with Gasteiger partial charge in [0.15, 0.2) is 5.17 Å². The molecule has 0 aromatic heterocycles. The number of hydrogen-bond donors (Lipinski definition) is 2. The van der Waals surface area contributed by atoms with Gasteiger partial charge in [0.25, 0.3) is 5.91 Å². The van der Waals surface area contributed by atoms with Crippen molar-refractivity contribution >= 4 is 52.2 Å². The van der Waals surface area contributed by atoms with Crippen molar-refractivity contribution in [2.45, 2.75) is 13.5 Å². The third-order valence-electron chi connectivity index (χ3n) is 4.87. The molecule has 0 bridgehead atoms. The summed E-state index contributed by atoms with van der Waals surface area (Å²) in [6, 6.07) is 19.4. The molecule has 1 fully saturated rings. The lowest BCUT2D eigenvalue weighted by atomic mass is 10.1. The summed E-state index contributed by atoms with van der Waals surface area (Å²) in [6.07, 6.45) is 1.79. The number of carbonyl (C=O) groups excluding carboxylic acids is 1. The highest BCUT2D eigenvalue weighted by molar-refractivity contribution is 8.18. The van der Waals surface area contributed by atoms with Crippen molar-refractivity contribution in [3.8, 4) is 5.75 Å². The van der Waals surface area contributed by atoms with Crippen molar-refractivity contribution < 1.29 is 19.4 Å². The number of carboxylic acid groups (broad SMARTS) is 1. The highest BCUT2D eigenvalue weighted by atomic mass is 35.5. The minimum absolute atomic E-state index is 0.211. The highest BCUT2D eigenvalue weighted by Crippen LogP contribution is 2.31. The summed E-state index contributed by atoms with van der Waals surface area (Å²) < 4.78 is 5.75.